The average Bonchev–Trinajstić information content (AvgIpc) is 3.42. The standard InChI is InChI=1S/C42H70N2O5/c1-37(2,36(47)48)26-35(46)49-33-19-21-39(5)31(38(33,3)4)18-22-41(7)32(39)17-16-29-30-11-10-20-42(30,24-23-40(29,41)6)25-34(45)43-27-12-14-28(15-13-27)44(8)9/h27-33H,10-26H2,1-9H3,(H,43,45)(H,47,48)/t27?,28?,29-,30-,31?,32?,33+,39+,40-,41-,42-/m1/s1. The third-order valence-electron chi connectivity index (χ3n) is 17.2. The summed E-state index contributed by atoms with van der Waals surface area (Å²) < 4.78 is 6.17. The van der Waals surface area contributed by atoms with Crippen molar-refractivity contribution in [3.8, 4) is 0 Å². The Kier molecular flexibility index (Phi) is 9.70. The molecule has 0 aromatic rings. The summed E-state index contributed by atoms with van der Waals surface area (Å²) in [6, 6.07) is 0.996. The van der Waals surface area contributed by atoms with Crippen molar-refractivity contribution in [2.24, 2.45) is 56.2 Å². The van der Waals surface area contributed by atoms with E-state index in [4.69, 9.17) is 4.74 Å². The van der Waals surface area contributed by atoms with E-state index in [9.17, 15) is 19.5 Å². The largest absolute Gasteiger partial charge is 0.481 e. The summed E-state index contributed by atoms with van der Waals surface area (Å²) in [4.78, 5) is 40.8. The second-order valence-corrected chi connectivity index (χ2v) is 20.4. The molecule has 1 amide bonds. The van der Waals surface area contributed by atoms with Gasteiger partial charge in [-0.1, -0.05) is 41.0 Å². The number of nitrogens with zero attached hydrogens (tertiary/aromatic N) is 1. The Morgan fingerprint density at radius 3 is 2.12 bits per heavy atom. The van der Waals surface area contributed by atoms with Gasteiger partial charge in [0.25, 0.3) is 0 Å². The van der Waals surface area contributed by atoms with Crippen LogP contribution in [-0.4, -0.2) is 60.1 Å². The maximum Gasteiger partial charge on any atom is 0.309 e. The summed E-state index contributed by atoms with van der Waals surface area (Å²) in [6.45, 7) is 15.8. The molecule has 9 atom stereocenters. The van der Waals surface area contributed by atoms with Crippen LogP contribution in [0, 0.1) is 56.2 Å². The fraction of sp³-hybridized carbons (Fsp3) is 0.929. The van der Waals surface area contributed by atoms with Gasteiger partial charge in [-0.2, -0.15) is 0 Å². The van der Waals surface area contributed by atoms with Crippen molar-refractivity contribution < 1.29 is 24.2 Å². The minimum Gasteiger partial charge on any atom is -0.481 e. The van der Waals surface area contributed by atoms with E-state index in [0.717, 1.165) is 38.5 Å². The minimum absolute atomic E-state index is 0.0978. The van der Waals surface area contributed by atoms with Crippen LogP contribution in [0.3, 0.4) is 0 Å². The topological polar surface area (TPSA) is 95.9 Å². The Labute approximate surface area is 297 Å². The summed E-state index contributed by atoms with van der Waals surface area (Å²) in [5.41, 5.74) is -0.395. The minimum atomic E-state index is -1.13. The number of carbonyl (C=O) groups excluding carboxylic acids is 2. The number of amides is 1. The van der Waals surface area contributed by atoms with Gasteiger partial charge >= 0.3 is 11.9 Å². The molecule has 49 heavy (non-hydrogen) atoms. The Balaban J connectivity index is 1.15. The first-order valence-corrected chi connectivity index (χ1v) is 20.2. The number of hydrogen-bond donors (Lipinski definition) is 2. The lowest BCUT2D eigenvalue weighted by Crippen LogP contribution is -2.66. The second-order valence-electron chi connectivity index (χ2n) is 20.4. The van der Waals surface area contributed by atoms with Gasteiger partial charge in [-0.3, -0.25) is 14.4 Å². The third-order valence-corrected chi connectivity index (χ3v) is 17.2. The van der Waals surface area contributed by atoms with Gasteiger partial charge in [0.2, 0.25) is 5.91 Å². The molecule has 6 fully saturated rings. The quantitative estimate of drug-likeness (QED) is 0.249. The number of carbonyl (C=O) groups is 3. The van der Waals surface area contributed by atoms with Crippen LogP contribution in [0.4, 0.5) is 0 Å². The Hall–Kier alpha value is -1.63. The first-order valence-electron chi connectivity index (χ1n) is 20.2. The maximum atomic E-state index is 13.7. The highest BCUT2D eigenvalue weighted by molar-refractivity contribution is 5.81. The number of carboxylic acids is 1. The van der Waals surface area contributed by atoms with Crippen molar-refractivity contribution in [3.05, 3.63) is 0 Å². The van der Waals surface area contributed by atoms with Crippen LogP contribution < -0.4 is 5.32 Å². The van der Waals surface area contributed by atoms with Gasteiger partial charge < -0.3 is 20.1 Å². The van der Waals surface area contributed by atoms with Crippen molar-refractivity contribution in [1.29, 1.82) is 0 Å². The lowest BCUT2D eigenvalue weighted by Gasteiger charge is -2.72. The Morgan fingerprint density at radius 1 is 0.776 bits per heavy atom. The smallest absolute Gasteiger partial charge is 0.309 e. The number of rotatable bonds is 8. The fourth-order valence-electron chi connectivity index (χ4n) is 14.2. The van der Waals surface area contributed by atoms with Crippen LogP contribution in [0.5, 0.6) is 0 Å². The summed E-state index contributed by atoms with van der Waals surface area (Å²) in [5.74, 6) is 1.43. The molecule has 278 valence electrons. The number of hydrogen-bond acceptors (Lipinski definition) is 5. The molecule has 6 rings (SSSR count). The monoisotopic (exact) mass is 683 g/mol. The first kappa shape index (κ1) is 37.1. The molecule has 0 heterocycles. The van der Waals surface area contributed by atoms with E-state index in [-0.39, 0.29) is 45.6 Å². The van der Waals surface area contributed by atoms with Crippen LogP contribution in [0.15, 0.2) is 0 Å². The van der Waals surface area contributed by atoms with E-state index in [0.29, 0.717) is 41.7 Å². The number of aliphatic carboxylic acids is 1. The number of nitrogens with one attached hydrogen (secondary N) is 1. The van der Waals surface area contributed by atoms with Crippen molar-refractivity contribution in [2.75, 3.05) is 14.1 Å². The van der Waals surface area contributed by atoms with Gasteiger partial charge in [0.1, 0.15) is 6.10 Å². The van der Waals surface area contributed by atoms with Gasteiger partial charge in [-0.25, -0.2) is 0 Å². The zero-order chi connectivity index (χ0) is 35.8. The zero-order valence-corrected chi connectivity index (χ0v) is 32.6. The molecule has 6 saturated carbocycles. The van der Waals surface area contributed by atoms with Crippen LogP contribution >= 0.6 is 0 Å². The number of ether oxygens (including phenoxy) is 1. The van der Waals surface area contributed by atoms with Crippen LogP contribution in [0.25, 0.3) is 0 Å². The number of carboxylic acid groups (broad SMARTS) is 1. The zero-order valence-electron chi connectivity index (χ0n) is 32.6. The fourth-order valence-corrected chi connectivity index (χ4v) is 14.2. The lowest BCUT2D eigenvalue weighted by atomic mass is 9.32. The molecule has 0 aromatic heterocycles. The molecule has 0 bridgehead atoms. The molecule has 0 spiro atoms. The van der Waals surface area contributed by atoms with Crippen molar-refractivity contribution in [1.82, 2.24) is 10.2 Å². The highest BCUT2D eigenvalue weighted by Crippen LogP contribution is 2.77. The molecule has 2 N–H and O–H groups in total. The number of esters is 1. The third kappa shape index (κ3) is 6.10. The summed E-state index contributed by atoms with van der Waals surface area (Å²) in [7, 11) is 4.36. The predicted molar refractivity (Wildman–Crippen MR) is 194 cm³/mol. The van der Waals surface area contributed by atoms with Crippen molar-refractivity contribution in [3.63, 3.8) is 0 Å². The molecular formula is C42H70N2O5. The van der Waals surface area contributed by atoms with Gasteiger partial charge in [0, 0.05) is 23.9 Å². The normalized spacial score (nSPS) is 44.6. The molecule has 7 heteroatoms. The Morgan fingerprint density at radius 2 is 1.47 bits per heavy atom. The molecule has 0 aliphatic heterocycles. The average molecular weight is 683 g/mol. The van der Waals surface area contributed by atoms with E-state index in [1.54, 1.807) is 13.8 Å². The van der Waals surface area contributed by atoms with Gasteiger partial charge in [-0.05, 0) is 163 Å². The van der Waals surface area contributed by atoms with Gasteiger partial charge in [-0.15, -0.1) is 0 Å². The van der Waals surface area contributed by atoms with Crippen LogP contribution in [0.1, 0.15) is 158 Å². The van der Waals surface area contributed by atoms with Gasteiger partial charge in [0.15, 0.2) is 0 Å². The van der Waals surface area contributed by atoms with E-state index in [1.165, 1.54) is 64.2 Å². The molecule has 0 aromatic carbocycles. The highest BCUT2D eigenvalue weighted by atomic mass is 16.5. The second kappa shape index (κ2) is 12.8. The van der Waals surface area contributed by atoms with Crippen LogP contribution in [-0.2, 0) is 19.1 Å². The van der Waals surface area contributed by atoms with Crippen LogP contribution in [0.2, 0.25) is 0 Å². The van der Waals surface area contributed by atoms with E-state index < -0.39 is 11.4 Å². The molecule has 6 aliphatic rings. The van der Waals surface area contributed by atoms with E-state index in [2.05, 4.69) is 58.9 Å². The summed E-state index contributed by atoms with van der Waals surface area (Å²) >= 11 is 0. The molecule has 0 saturated heterocycles. The number of fused-ring (bicyclic) bond motifs is 7. The molecule has 2 unspecified atom stereocenters. The lowest BCUT2D eigenvalue weighted by molar-refractivity contribution is -0.248. The van der Waals surface area contributed by atoms with Crippen molar-refractivity contribution in [2.45, 2.75) is 176 Å². The highest BCUT2D eigenvalue weighted by Gasteiger charge is 2.70. The van der Waals surface area contributed by atoms with E-state index in [1.807, 2.05) is 0 Å². The Bertz CT molecular complexity index is 1290. The molecule has 6 aliphatic carbocycles. The van der Waals surface area contributed by atoms with E-state index >= 15 is 0 Å². The summed E-state index contributed by atoms with van der Waals surface area (Å²) in [6.07, 6.45) is 18.1. The molecule has 0 radical (unpaired) electrons. The summed E-state index contributed by atoms with van der Waals surface area (Å²) in [5, 5.41) is 13.1. The molecule has 7 nitrogen and oxygen atoms in total. The predicted octanol–water partition coefficient (Wildman–Crippen LogP) is 8.63. The molecular weight excluding hydrogens is 612 g/mol. The van der Waals surface area contributed by atoms with Gasteiger partial charge in [0.05, 0.1) is 11.8 Å². The SMILES string of the molecule is CN(C)C1CCC(NC(=O)C[C@]23CCC[C@@H]2[C@H]2CCC4[C@@]5(C)CC[C@H](OC(=O)CC(C)(C)C(=O)O)C(C)(C)C5CC[C@@]4(C)[C@]2(C)CC3)CC1. The first-order chi connectivity index (χ1) is 22.8. The van der Waals surface area contributed by atoms with Crippen molar-refractivity contribution >= 4 is 17.8 Å². The maximum absolute atomic E-state index is 13.7.